The number of carbonyl (C=O) groups is 1. The molecule has 1 saturated carbocycles. The molecule has 3 nitrogen and oxygen atoms in total. The van der Waals surface area contributed by atoms with Gasteiger partial charge in [0, 0.05) is 35.2 Å². The first-order valence-electron chi connectivity index (χ1n) is 8.21. The second-order valence-electron chi connectivity index (χ2n) is 6.50. The fourth-order valence-corrected chi connectivity index (χ4v) is 4.30. The van der Waals surface area contributed by atoms with Gasteiger partial charge in [-0.05, 0) is 49.8 Å². The minimum absolute atomic E-state index is 0.233. The Bertz CT molecular complexity index is 658. The van der Waals surface area contributed by atoms with Gasteiger partial charge in [-0.15, -0.1) is 0 Å². The predicted molar refractivity (Wildman–Crippen MR) is 84.3 cm³/mol. The number of likely N-dealkylation sites (tertiary alicyclic amines) is 1. The van der Waals surface area contributed by atoms with Gasteiger partial charge < -0.3 is 9.88 Å². The number of carbonyl (C=O) groups excluding carboxylic acids is 1. The van der Waals surface area contributed by atoms with E-state index in [9.17, 15) is 4.79 Å². The number of nitrogens with zero attached hydrogens (tertiary/aromatic N) is 1. The Kier molecular flexibility index (Phi) is 3.21. The lowest BCUT2D eigenvalue weighted by Crippen LogP contribution is -2.49. The van der Waals surface area contributed by atoms with Crippen molar-refractivity contribution in [2.75, 3.05) is 6.54 Å². The highest BCUT2D eigenvalue weighted by Crippen LogP contribution is 2.36. The fourth-order valence-electron chi connectivity index (χ4n) is 4.30. The molecule has 21 heavy (non-hydrogen) atoms. The van der Waals surface area contributed by atoms with Crippen molar-refractivity contribution >= 4 is 16.8 Å². The van der Waals surface area contributed by atoms with E-state index in [2.05, 4.69) is 9.88 Å². The molecule has 1 aromatic heterocycles. The third kappa shape index (κ3) is 2.15. The second kappa shape index (κ2) is 5.21. The summed E-state index contributed by atoms with van der Waals surface area (Å²) < 4.78 is 0. The van der Waals surface area contributed by atoms with Gasteiger partial charge in [0.25, 0.3) is 5.91 Å². The smallest absolute Gasteiger partial charge is 0.254 e. The first-order chi connectivity index (χ1) is 10.3. The highest BCUT2D eigenvalue weighted by atomic mass is 16.2. The maximum Gasteiger partial charge on any atom is 0.254 e. The number of rotatable bonds is 1. The van der Waals surface area contributed by atoms with E-state index >= 15 is 0 Å². The van der Waals surface area contributed by atoms with Gasteiger partial charge in [0.1, 0.15) is 0 Å². The summed E-state index contributed by atoms with van der Waals surface area (Å²) in [5, 5.41) is 1.06. The lowest BCUT2D eigenvalue weighted by molar-refractivity contribution is 0.0392. The minimum Gasteiger partial charge on any atom is -0.361 e. The Labute approximate surface area is 125 Å². The molecule has 1 aliphatic carbocycles. The maximum absolute atomic E-state index is 13.1. The van der Waals surface area contributed by atoms with E-state index in [4.69, 9.17) is 0 Å². The number of benzene rings is 1. The molecular formula is C18H22N2O. The molecule has 1 amide bonds. The number of amides is 1. The molecule has 0 bridgehead atoms. The highest BCUT2D eigenvalue weighted by Gasteiger charge is 2.36. The number of hydrogen-bond donors (Lipinski definition) is 1. The van der Waals surface area contributed by atoms with Crippen LogP contribution in [0.15, 0.2) is 30.5 Å². The molecule has 3 heteroatoms. The topological polar surface area (TPSA) is 36.1 Å². The first-order valence-corrected chi connectivity index (χ1v) is 8.21. The lowest BCUT2D eigenvalue weighted by Gasteiger charge is -2.44. The summed E-state index contributed by atoms with van der Waals surface area (Å²) in [6.07, 6.45) is 9.51. The molecule has 1 aromatic carbocycles. The van der Waals surface area contributed by atoms with Crippen LogP contribution in [0, 0.1) is 5.92 Å². The normalized spacial score (nSPS) is 25.8. The monoisotopic (exact) mass is 282 g/mol. The molecule has 1 aliphatic heterocycles. The zero-order chi connectivity index (χ0) is 14.2. The van der Waals surface area contributed by atoms with Gasteiger partial charge in [-0.2, -0.15) is 0 Å². The molecule has 0 spiro atoms. The summed E-state index contributed by atoms with van der Waals surface area (Å²) in [7, 11) is 0. The van der Waals surface area contributed by atoms with Crippen LogP contribution in [-0.4, -0.2) is 28.4 Å². The Morgan fingerprint density at radius 2 is 1.95 bits per heavy atom. The molecular weight excluding hydrogens is 260 g/mol. The first kappa shape index (κ1) is 12.9. The maximum atomic E-state index is 13.1. The van der Waals surface area contributed by atoms with Crippen molar-refractivity contribution in [2.24, 2.45) is 5.92 Å². The number of aromatic amines is 1. The fraction of sp³-hybridized carbons (Fsp3) is 0.500. The van der Waals surface area contributed by atoms with Crippen molar-refractivity contribution in [3.05, 3.63) is 36.0 Å². The molecule has 2 atom stereocenters. The van der Waals surface area contributed by atoms with E-state index in [1.54, 1.807) is 0 Å². The Balaban J connectivity index is 1.68. The van der Waals surface area contributed by atoms with Crippen LogP contribution in [0.5, 0.6) is 0 Å². The number of piperidine rings is 1. The molecule has 2 aromatic rings. The zero-order valence-corrected chi connectivity index (χ0v) is 12.3. The van der Waals surface area contributed by atoms with Crippen LogP contribution >= 0.6 is 0 Å². The average molecular weight is 282 g/mol. The van der Waals surface area contributed by atoms with E-state index in [-0.39, 0.29) is 5.91 Å². The summed E-state index contributed by atoms with van der Waals surface area (Å²) in [4.78, 5) is 18.5. The van der Waals surface area contributed by atoms with Crippen LogP contribution < -0.4 is 0 Å². The molecule has 2 heterocycles. The van der Waals surface area contributed by atoms with E-state index in [1.807, 2.05) is 30.5 Å². The van der Waals surface area contributed by atoms with Gasteiger partial charge in [0.15, 0.2) is 0 Å². The largest absolute Gasteiger partial charge is 0.361 e. The van der Waals surface area contributed by atoms with Crippen molar-refractivity contribution in [1.29, 1.82) is 0 Å². The van der Waals surface area contributed by atoms with Crippen molar-refractivity contribution in [2.45, 2.75) is 44.6 Å². The van der Waals surface area contributed by atoms with Crippen molar-refractivity contribution in [3.63, 3.8) is 0 Å². The lowest BCUT2D eigenvalue weighted by atomic mass is 9.78. The minimum atomic E-state index is 0.233. The third-order valence-electron chi connectivity index (χ3n) is 5.33. The van der Waals surface area contributed by atoms with E-state index in [0.717, 1.165) is 35.3 Å². The zero-order valence-electron chi connectivity index (χ0n) is 12.3. The predicted octanol–water partition coefficient (Wildman–Crippen LogP) is 3.96. The Hall–Kier alpha value is -1.77. The Morgan fingerprint density at radius 1 is 1.10 bits per heavy atom. The van der Waals surface area contributed by atoms with Crippen LogP contribution in [-0.2, 0) is 0 Å². The quantitative estimate of drug-likeness (QED) is 0.844. The highest BCUT2D eigenvalue weighted by molar-refractivity contribution is 6.06. The van der Waals surface area contributed by atoms with Crippen molar-refractivity contribution in [3.8, 4) is 0 Å². The molecule has 2 aliphatic rings. The van der Waals surface area contributed by atoms with E-state index < -0.39 is 0 Å². The van der Waals surface area contributed by atoms with Crippen LogP contribution in [0.2, 0.25) is 0 Å². The second-order valence-corrected chi connectivity index (χ2v) is 6.50. The van der Waals surface area contributed by atoms with Crippen LogP contribution in [0.1, 0.15) is 48.9 Å². The molecule has 4 rings (SSSR count). The summed E-state index contributed by atoms with van der Waals surface area (Å²) >= 11 is 0. The average Bonchev–Trinajstić information content (AvgIpc) is 3.02. The van der Waals surface area contributed by atoms with Gasteiger partial charge in [0.2, 0.25) is 0 Å². The molecule has 1 saturated heterocycles. The van der Waals surface area contributed by atoms with Gasteiger partial charge in [-0.25, -0.2) is 0 Å². The number of aromatic nitrogens is 1. The third-order valence-corrected chi connectivity index (χ3v) is 5.33. The number of hydrogen-bond acceptors (Lipinski definition) is 1. The summed E-state index contributed by atoms with van der Waals surface area (Å²) in [6.45, 7) is 0.931. The number of H-pyrrole nitrogens is 1. The van der Waals surface area contributed by atoms with E-state index in [0.29, 0.717) is 6.04 Å². The molecule has 2 fully saturated rings. The van der Waals surface area contributed by atoms with Crippen LogP contribution in [0.4, 0.5) is 0 Å². The standard InChI is InChI=1S/C18H22N2O/c21-18(15-7-3-8-16-14(15)10-11-19-16)20-12-4-6-13-5-1-2-9-17(13)20/h3,7-8,10-11,13,17,19H,1-2,4-6,9,12H2. The summed E-state index contributed by atoms with van der Waals surface area (Å²) in [5.41, 5.74) is 1.91. The van der Waals surface area contributed by atoms with Gasteiger partial charge >= 0.3 is 0 Å². The van der Waals surface area contributed by atoms with Gasteiger partial charge in [0.05, 0.1) is 0 Å². The molecule has 0 radical (unpaired) electrons. The van der Waals surface area contributed by atoms with Crippen molar-refractivity contribution < 1.29 is 4.79 Å². The van der Waals surface area contributed by atoms with Crippen LogP contribution in [0.3, 0.4) is 0 Å². The number of fused-ring (bicyclic) bond motifs is 2. The van der Waals surface area contributed by atoms with Gasteiger partial charge in [-0.3, -0.25) is 4.79 Å². The van der Waals surface area contributed by atoms with Crippen molar-refractivity contribution in [1.82, 2.24) is 9.88 Å². The molecule has 1 N–H and O–H groups in total. The van der Waals surface area contributed by atoms with Crippen LogP contribution in [0.25, 0.3) is 10.9 Å². The SMILES string of the molecule is O=C(c1cccc2[nH]ccc12)N1CCCC2CCCCC21. The summed E-state index contributed by atoms with van der Waals surface area (Å²) in [6, 6.07) is 8.49. The molecule has 2 unspecified atom stereocenters. The van der Waals surface area contributed by atoms with Gasteiger partial charge in [-0.1, -0.05) is 18.9 Å². The molecule has 110 valence electrons. The summed E-state index contributed by atoms with van der Waals surface area (Å²) in [5.74, 6) is 0.971. The number of nitrogens with one attached hydrogen (secondary N) is 1. The Morgan fingerprint density at radius 3 is 2.90 bits per heavy atom. The van der Waals surface area contributed by atoms with E-state index in [1.165, 1.54) is 32.1 Å².